The lowest BCUT2D eigenvalue weighted by molar-refractivity contribution is -0.0510. The summed E-state index contributed by atoms with van der Waals surface area (Å²) in [6.07, 6.45) is 2.82. The molecule has 0 aliphatic carbocycles. The zero-order chi connectivity index (χ0) is 15.2. The van der Waals surface area contributed by atoms with Gasteiger partial charge in [-0.25, -0.2) is 0 Å². The quantitative estimate of drug-likeness (QED) is 0.615. The highest BCUT2D eigenvalue weighted by atomic mass is 31.1. The van der Waals surface area contributed by atoms with Crippen molar-refractivity contribution in [2.24, 2.45) is 23.7 Å². The summed E-state index contributed by atoms with van der Waals surface area (Å²) in [4.78, 5) is 9.31. The van der Waals surface area contributed by atoms with Gasteiger partial charge in [-0.2, -0.15) is 0 Å². The third-order valence-corrected chi connectivity index (χ3v) is 4.70. The lowest BCUT2D eigenvalue weighted by atomic mass is 9.71. The second kappa shape index (κ2) is 8.44. The third-order valence-electron chi connectivity index (χ3n) is 4.15. The molecule has 0 aromatic carbocycles. The maximum Gasteiger partial charge on any atom is 0.317 e. The molecule has 0 amide bonds. The summed E-state index contributed by atoms with van der Waals surface area (Å²) in [5.74, 6) is 1.70. The topological polar surface area (TPSA) is 46.5 Å². The Labute approximate surface area is 120 Å². The third kappa shape index (κ3) is 5.97. The Morgan fingerprint density at radius 3 is 1.58 bits per heavy atom. The predicted molar refractivity (Wildman–Crippen MR) is 82.6 cm³/mol. The summed E-state index contributed by atoms with van der Waals surface area (Å²) in [5, 5.41) is 0. The minimum atomic E-state index is -2.91. The Bertz CT molecular complexity index is 261. The Morgan fingerprint density at radius 1 is 1.00 bits per heavy atom. The van der Waals surface area contributed by atoms with Crippen LogP contribution in [-0.2, 0) is 9.09 Å². The van der Waals surface area contributed by atoms with Crippen molar-refractivity contribution in [2.45, 2.75) is 73.3 Å². The molecule has 3 nitrogen and oxygen atoms in total. The summed E-state index contributed by atoms with van der Waals surface area (Å²) in [6, 6.07) is 0. The molecule has 0 fully saturated rings. The molecule has 0 bridgehead atoms. The van der Waals surface area contributed by atoms with Gasteiger partial charge in [-0.3, -0.25) is 4.57 Å². The Morgan fingerprint density at radius 2 is 1.37 bits per heavy atom. The summed E-state index contributed by atoms with van der Waals surface area (Å²) in [6.45, 7) is 15.1. The molecule has 0 aromatic heterocycles. The fourth-order valence-electron chi connectivity index (χ4n) is 3.43. The molecule has 0 radical (unpaired) electrons. The second-order valence-electron chi connectivity index (χ2n) is 6.74. The molecule has 0 saturated heterocycles. The highest BCUT2D eigenvalue weighted by Crippen LogP contribution is 2.44. The summed E-state index contributed by atoms with van der Waals surface area (Å²) >= 11 is 0. The van der Waals surface area contributed by atoms with Crippen LogP contribution in [0.3, 0.4) is 0 Å². The van der Waals surface area contributed by atoms with Gasteiger partial charge in [0.1, 0.15) is 0 Å². The van der Waals surface area contributed by atoms with E-state index in [0.717, 1.165) is 19.3 Å². The van der Waals surface area contributed by atoms with Crippen LogP contribution in [-0.4, -0.2) is 10.5 Å². The van der Waals surface area contributed by atoms with Crippen LogP contribution in [0.25, 0.3) is 0 Å². The zero-order valence-electron chi connectivity index (χ0n) is 13.7. The van der Waals surface area contributed by atoms with Gasteiger partial charge in [0.15, 0.2) is 0 Å². The molecule has 0 heterocycles. The maximum absolute atomic E-state index is 11.3. The van der Waals surface area contributed by atoms with Gasteiger partial charge in [0.05, 0.1) is 5.60 Å². The average Bonchev–Trinajstić information content (AvgIpc) is 2.23. The SMILES string of the molecule is CCC(O[PH](=O)O)(C(C)CC(C)C)C(C)CC(C)C. The molecule has 0 saturated carbocycles. The molecule has 1 N–H and O–H groups in total. The Balaban J connectivity index is 5.22. The molecule has 3 unspecified atom stereocenters. The molecule has 116 valence electrons. The van der Waals surface area contributed by atoms with E-state index in [1.54, 1.807) is 0 Å². The lowest BCUT2D eigenvalue weighted by Gasteiger charge is -2.43. The van der Waals surface area contributed by atoms with E-state index in [0.29, 0.717) is 11.8 Å². The highest BCUT2D eigenvalue weighted by molar-refractivity contribution is 7.32. The van der Waals surface area contributed by atoms with E-state index < -0.39 is 13.9 Å². The normalized spacial score (nSPS) is 20.3. The fraction of sp³-hybridized carbons (Fsp3) is 1.00. The van der Waals surface area contributed by atoms with Crippen LogP contribution in [0.2, 0.25) is 0 Å². The first-order valence-corrected chi connectivity index (χ1v) is 8.83. The molecular formula is C15H33O3P. The Hall–Kier alpha value is 0.150. The molecular weight excluding hydrogens is 259 g/mol. The van der Waals surface area contributed by atoms with Crippen LogP contribution in [0.1, 0.15) is 67.7 Å². The van der Waals surface area contributed by atoms with E-state index in [4.69, 9.17) is 4.52 Å². The number of hydrogen-bond donors (Lipinski definition) is 1. The van der Waals surface area contributed by atoms with Crippen LogP contribution < -0.4 is 0 Å². The van der Waals surface area contributed by atoms with Gasteiger partial charge in [-0.1, -0.05) is 48.5 Å². The second-order valence-corrected chi connectivity index (χ2v) is 7.47. The highest BCUT2D eigenvalue weighted by Gasteiger charge is 2.42. The standard InChI is InChI=1S/C15H33O3P/c1-8-15(18-19(16)17,13(6)9-11(2)3)14(7)10-12(4)5/h11-14,19H,8-10H2,1-7H3,(H,16,17). The van der Waals surface area contributed by atoms with Gasteiger partial charge in [-0.05, 0) is 42.9 Å². The Kier molecular flexibility index (Phi) is 8.51. The molecule has 0 aromatic rings. The van der Waals surface area contributed by atoms with E-state index in [2.05, 4.69) is 48.5 Å². The van der Waals surface area contributed by atoms with Crippen LogP contribution in [0.15, 0.2) is 0 Å². The largest absolute Gasteiger partial charge is 0.326 e. The van der Waals surface area contributed by atoms with Crippen molar-refractivity contribution in [3.8, 4) is 0 Å². The smallest absolute Gasteiger partial charge is 0.317 e. The van der Waals surface area contributed by atoms with E-state index >= 15 is 0 Å². The van der Waals surface area contributed by atoms with Crippen LogP contribution in [0.5, 0.6) is 0 Å². The summed E-state index contributed by atoms with van der Waals surface area (Å²) in [5.41, 5.74) is -0.473. The van der Waals surface area contributed by atoms with Crippen molar-refractivity contribution in [2.75, 3.05) is 0 Å². The monoisotopic (exact) mass is 292 g/mol. The first-order valence-electron chi connectivity index (χ1n) is 7.57. The first kappa shape index (κ1) is 19.1. The van der Waals surface area contributed by atoms with Crippen molar-refractivity contribution >= 4 is 8.25 Å². The van der Waals surface area contributed by atoms with Gasteiger partial charge in [0.2, 0.25) is 0 Å². The van der Waals surface area contributed by atoms with Gasteiger partial charge in [0, 0.05) is 0 Å². The van der Waals surface area contributed by atoms with Crippen molar-refractivity contribution in [3.05, 3.63) is 0 Å². The van der Waals surface area contributed by atoms with Crippen molar-refractivity contribution < 1.29 is 14.0 Å². The van der Waals surface area contributed by atoms with E-state index in [-0.39, 0.29) is 11.8 Å². The summed E-state index contributed by atoms with van der Waals surface area (Å²) < 4.78 is 16.9. The number of hydrogen-bond acceptors (Lipinski definition) is 2. The maximum atomic E-state index is 11.3. The molecule has 3 atom stereocenters. The molecule has 0 aliphatic heterocycles. The van der Waals surface area contributed by atoms with Gasteiger partial charge < -0.3 is 9.42 Å². The van der Waals surface area contributed by atoms with Crippen LogP contribution in [0.4, 0.5) is 0 Å². The minimum Gasteiger partial charge on any atom is -0.326 e. The van der Waals surface area contributed by atoms with Crippen molar-refractivity contribution in [1.29, 1.82) is 0 Å². The molecule has 0 aliphatic rings. The fourth-order valence-corrected chi connectivity index (χ4v) is 4.30. The van der Waals surface area contributed by atoms with Gasteiger partial charge >= 0.3 is 8.25 Å². The van der Waals surface area contributed by atoms with Crippen molar-refractivity contribution in [3.63, 3.8) is 0 Å². The average molecular weight is 292 g/mol. The molecule has 0 spiro atoms. The first-order chi connectivity index (χ1) is 8.65. The lowest BCUT2D eigenvalue weighted by Crippen LogP contribution is -2.44. The van der Waals surface area contributed by atoms with Crippen LogP contribution >= 0.6 is 8.25 Å². The molecule has 19 heavy (non-hydrogen) atoms. The molecule has 0 rings (SSSR count). The van der Waals surface area contributed by atoms with E-state index in [9.17, 15) is 9.46 Å². The van der Waals surface area contributed by atoms with Gasteiger partial charge in [-0.15, -0.1) is 0 Å². The van der Waals surface area contributed by atoms with Crippen LogP contribution in [0, 0.1) is 23.7 Å². The number of rotatable bonds is 9. The summed E-state index contributed by atoms with van der Waals surface area (Å²) in [7, 11) is -2.91. The zero-order valence-corrected chi connectivity index (χ0v) is 14.7. The minimum absolute atomic E-state index is 0.285. The van der Waals surface area contributed by atoms with E-state index in [1.165, 1.54) is 0 Å². The van der Waals surface area contributed by atoms with E-state index in [1.807, 2.05) is 0 Å². The van der Waals surface area contributed by atoms with Crippen molar-refractivity contribution in [1.82, 2.24) is 0 Å². The predicted octanol–water partition coefficient (Wildman–Crippen LogP) is 4.90. The molecule has 4 heteroatoms. The van der Waals surface area contributed by atoms with Gasteiger partial charge in [0.25, 0.3) is 0 Å².